The van der Waals surface area contributed by atoms with E-state index in [1.807, 2.05) is 98.8 Å². The van der Waals surface area contributed by atoms with E-state index in [1.54, 1.807) is 0 Å². The van der Waals surface area contributed by atoms with Crippen LogP contribution in [0.2, 0.25) is 0 Å². The molecule has 6 nitrogen and oxygen atoms in total. The van der Waals surface area contributed by atoms with Crippen LogP contribution in [0.4, 0.5) is 4.79 Å². The SMILES string of the molecule is Cc1oc(-c2ccccc2)nc1CCOc1ccc([C@@H](C)NC(=O)OCc2ccccc2)cc1. The summed E-state index contributed by atoms with van der Waals surface area (Å²) in [6, 6.07) is 26.9. The second-order valence-corrected chi connectivity index (χ2v) is 7.98. The maximum Gasteiger partial charge on any atom is 0.407 e. The number of aryl methyl sites for hydroxylation is 1. The monoisotopic (exact) mass is 456 g/mol. The molecule has 174 valence electrons. The molecule has 1 aromatic heterocycles. The first-order valence-corrected chi connectivity index (χ1v) is 11.3. The van der Waals surface area contributed by atoms with Crippen molar-refractivity contribution in [1.29, 1.82) is 0 Å². The van der Waals surface area contributed by atoms with E-state index in [2.05, 4.69) is 10.3 Å². The maximum absolute atomic E-state index is 12.1. The van der Waals surface area contributed by atoms with Gasteiger partial charge in [0.25, 0.3) is 0 Å². The van der Waals surface area contributed by atoms with E-state index in [-0.39, 0.29) is 12.6 Å². The van der Waals surface area contributed by atoms with E-state index < -0.39 is 6.09 Å². The molecule has 0 bridgehead atoms. The van der Waals surface area contributed by atoms with E-state index in [1.165, 1.54) is 0 Å². The van der Waals surface area contributed by atoms with Crippen molar-refractivity contribution in [3.63, 3.8) is 0 Å². The lowest BCUT2D eigenvalue weighted by Crippen LogP contribution is -2.27. The molecule has 6 heteroatoms. The number of aromatic nitrogens is 1. The minimum atomic E-state index is -0.450. The summed E-state index contributed by atoms with van der Waals surface area (Å²) in [6.07, 6.45) is 0.198. The minimum absolute atomic E-state index is 0.188. The zero-order valence-corrected chi connectivity index (χ0v) is 19.4. The number of ether oxygens (including phenoxy) is 2. The van der Waals surface area contributed by atoms with Gasteiger partial charge in [0, 0.05) is 12.0 Å². The molecule has 4 aromatic rings. The summed E-state index contributed by atoms with van der Waals surface area (Å²) in [5, 5.41) is 2.85. The highest BCUT2D eigenvalue weighted by atomic mass is 16.5. The maximum atomic E-state index is 12.1. The fourth-order valence-electron chi connectivity index (χ4n) is 3.51. The normalized spacial score (nSPS) is 11.6. The van der Waals surface area contributed by atoms with Gasteiger partial charge in [-0.25, -0.2) is 9.78 Å². The molecule has 0 fully saturated rings. The summed E-state index contributed by atoms with van der Waals surface area (Å²) in [4.78, 5) is 16.7. The zero-order chi connectivity index (χ0) is 23.8. The van der Waals surface area contributed by atoms with Crippen LogP contribution in [-0.2, 0) is 17.8 Å². The van der Waals surface area contributed by atoms with Gasteiger partial charge in [-0.15, -0.1) is 0 Å². The Kier molecular flexibility index (Phi) is 7.60. The molecule has 1 heterocycles. The summed E-state index contributed by atoms with van der Waals surface area (Å²) in [6.45, 7) is 4.56. The molecule has 0 radical (unpaired) electrons. The lowest BCUT2D eigenvalue weighted by Gasteiger charge is -2.15. The van der Waals surface area contributed by atoms with Crippen LogP contribution in [0.3, 0.4) is 0 Å². The molecule has 1 N–H and O–H groups in total. The standard InChI is InChI=1S/C28H28N2O4/c1-20(29-28(31)33-19-22-9-5-3-6-10-22)23-13-15-25(16-14-23)32-18-17-26-21(2)34-27(30-26)24-11-7-4-8-12-24/h3-16,20H,17-19H2,1-2H3,(H,29,31)/t20-/m1/s1. The Balaban J connectivity index is 1.24. The molecule has 0 spiro atoms. The first-order chi connectivity index (χ1) is 16.6. The van der Waals surface area contributed by atoms with Crippen molar-refractivity contribution in [1.82, 2.24) is 10.3 Å². The topological polar surface area (TPSA) is 73.6 Å². The molecular weight excluding hydrogens is 428 g/mol. The number of carbonyl (C=O) groups is 1. The summed E-state index contributed by atoms with van der Waals surface area (Å²) in [7, 11) is 0. The van der Waals surface area contributed by atoms with Crippen molar-refractivity contribution in [2.75, 3.05) is 6.61 Å². The Morgan fingerprint density at radius 3 is 2.35 bits per heavy atom. The molecule has 0 aliphatic carbocycles. The highest BCUT2D eigenvalue weighted by Crippen LogP contribution is 2.22. The Hall–Kier alpha value is -4.06. The number of amides is 1. The molecule has 0 saturated carbocycles. The molecule has 3 aromatic carbocycles. The molecule has 34 heavy (non-hydrogen) atoms. The van der Waals surface area contributed by atoms with Gasteiger partial charge in [-0.2, -0.15) is 0 Å². The summed E-state index contributed by atoms with van der Waals surface area (Å²) >= 11 is 0. The first-order valence-electron chi connectivity index (χ1n) is 11.3. The second kappa shape index (κ2) is 11.2. The number of nitrogens with zero attached hydrogens (tertiary/aromatic N) is 1. The third kappa shape index (κ3) is 6.25. The molecule has 0 saturated heterocycles. The highest BCUT2D eigenvalue weighted by Gasteiger charge is 2.13. The van der Waals surface area contributed by atoms with Crippen molar-refractivity contribution in [2.24, 2.45) is 0 Å². The predicted molar refractivity (Wildman–Crippen MR) is 130 cm³/mol. The molecule has 0 unspecified atom stereocenters. The Morgan fingerprint density at radius 2 is 1.65 bits per heavy atom. The van der Waals surface area contributed by atoms with Gasteiger partial charge in [0.15, 0.2) is 0 Å². The van der Waals surface area contributed by atoms with Crippen molar-refractivity contribution >= 4 is 6.09 Å². The number of carbonyl (C=O) groups excluding carboxylic acids is 1. The number of nitrogens with one attached hydrogen (secondary N) is 1. The van der Waals surface area contributed by atoms with Gasteiger partial charge in [0.1, 0.15) is 18.1 Å². The van der Waals surface area contributed by atoms with E-state index in [9.17, 15) is 4.79 Å². The van der Waals surface area contributed by atoms with Crippen LogP contribution in [0.5, 0.6) is 5.75 Å². The average Bonchev–Trinajstić information content (AvgIpc) is 3.24. The van der Waals surface area contributed by atoms with Crippen molar-refractivity contribution < 1.29 is 18.7 Å². The fraction of sp³-hybridized carbons (Fsp3) is 0.214. The van der Waals surface area contributed by atoms with Crippen LogP contribution in [0.15, 0.2) is 89.3 Å². The molecule has 0 aliphatic rings. The lowest BCUT2D eigenvalue weighted by atomic mass is 10.1. The van der Waals surface area contributed by atoms with Gasteiger partial charge < -0.3 is 19.2 Å². The summed E-state index contributed by atoms with van der Waals surface area (Å²) in [5.74, 6) is 2.19. The second-order valence-electron chi connectivity index (χ2n) is 7.98. The largest absolute Gasteiger partial charge is 0.493 e. The molecule has 1 atom stereocenters. The third-order valence-corrected chi connectivity index (χ3v) is 5.45. The third-order valence-electron chi connectivity index (χ3n) is 5.45. The lowest BCUT2D eigenvalue weighted by molar-refractivity contribution is 0.136. The molecule has 0 aliphatic heterocycles. The number of alkyl carbamates (subject to hydrolysis) is 1. The first kappa shape index (κ1) is 23.1. The van der Waals surface area contributed by atoms with Crippen molar-refractivity contribution in [2.45, 2.75) is 32.9 Å². The van der Waals surface area contributed by atoms with Gasteiger partial charge >= 0.3 is 6.09 Å². The van der Waals surface area contributed by atoms with Crippen molar-refractivity contribution in [3.05, 3.63) is 108 Å². The van der Waals surface area contributed by atoms with Gasteiger partial charge in [0.2, 0.25) is 5.89 Å². The Morgan fingerprint density at radius 1 is 0.971 bits per heavy atom. The van der Waals surface area contributed by atoms with Gasteiger partial charge in [-0.05, 0) is 49.2 Å². The minimum Gasteiger partial charge on any atom is -0.493 e. The molecule has 1 amide bonds. The van der Waals surface area contributed by atoms with Crippen LogP contribution >= 0.6 is 0 Å². The van der Waals surface area contributed by atoms with Gasteiger partial charge in [0.05, 0.1) is 18.3 Å². The van der Waals surface area contributed by atoms with E-state index in [0.29, 0.717) is 18.9 Å². The Labute approximate surface area is 199 Å². The number of rotatable bonds is 9. The van der Waals surface area contributed by atoms with Gasteiger partial charge in [-0.3, -0.25) is 0 Å². The van der Waals surface area contributed by atoms with Gasteiger partial charge in [-0.1, -0.05) is 60.7 Å². The number of hydrogen-bond acceptors (Lipinski definition) is 5. The quantitative estimate of drug-likeness (QED) is 0.322. The highest BCUT2D eigenvalue weighted by molar-refractivity contribution is 5.67. The Bertz CT molecular complexity index is 1190. The van der Waals surface area contributed by atoms with E-state index in [4.69, 9.17) is 13.9 Å². The number of hydrogen-bond donors (Lipinski definition) is 1. The van der Waals surface area contributed by atoms with E-state index >= 15 is 0 Å². The number of oxazole rings is 1. The fourth-order valence-corrected chi connectivity index (χ4v) is 3.51. The van der Waals surface area contributed by atoms with Crippen molar-refractivity contribution in [3.8, 4) is 17.2 Å². The number of benzene rings is 3. The predicted octanol–water partition coefficient (Wildman–Crippen LogP) is 6.26. The van der Waals surface area contributed by atoms with Crippen LogP contribution in [0.25, 0.3) is 11.5 Å². The molecular formula is C28H28N2O4. The molecule has 4 rings (SSSR count). The van der Waals surface area contributed by atoms with Crippen LogP contribution < -0.4 is 10.1 Å². The van der Waals surface area contributed by atoms with Crippen LogP contribution in [0, 0.1) is 6.92 Å². The summed E-state index contributed by atoms with van der Waals surface area (Å²) < 4.78 is 17.0. The zero-order valence-electron chi connectivity index (χ0n) is 19.4. The average molecular weight is 457 g/mol. The smallest absolute Gasteiger partial charge is 0.407 e. The van der Waals surface area contributed by atoms with E-state index in [0.717, 1.165) is 33.9 Å². The van der Waals surface area contributed by atoms with Crippen LogP contribution in [0.1, 0.15) is 35.5 Å². The summed E-state index contributed by atoms with van der Waals surface area (Å²) in [5.41, 5.74) is 3.76. The van der Waals surface area contributed by atoms with Crippen LogP contribution in [-0.4, -0.2) is 17.7 Å².